The molecule has 0 saturated carbocycles. The van der Waals surface area contributed by atoms with Crippen molar-refractivity contribution in [1.82, 2.24) is 24.5 Å². The maximum atomic E-state index is 12.9. The molecule has 0 radical (unpaired) electrons. The number of ether oxygens (including phenoxy) is 1. The first kappa shape index (κ1) is 23.3. The Labute approximate surface area is 191 Å². The highest BCUT2D eigenvalue weighted by molar-refractivity contribution is 6.21. The fourth-order valence-corrected chi connectivity index (χ4v) is 3.78. The molecule has 0 unspecified atom stereocenters. The van der Waals surface area contributed by atoms with Gasteiger partial charge in [-0.1, -0.05) is 12.1 Å². The van der Waals surface area contributed by atoms with E-state index in [0.29, 0.717) is 40.9 Å². The van der Waals surface area contributed by atoms with E-state index in [4.69, 9.17) is 4.74 Å². The number of aromatic nitrogens is 4. The summed E-state index contributed by atoms with van der Waals surface area (Å²) in [4.78, 5) is 45.6. The highest BCUT2D eigenvalue weighted by Gasteiger charge is 2.37. The van der Waals surface area contributed by atoms with Crippen molar-refractivity contribution in [2.45, 2.75) is 39.3 Å². The first-order valence-electron chi connectivity index (χ1n) is 10.5. The van der Waals surface area contributed by atoms with Crippen molar-refractivity contribution in [2.24, 2.45) is 0 Å². The molecule has 4 rings (SSSR count). The highest BCUT2D eigenvalue weighted by Crippen LogP contribution is 2.27. The average molecular weight is 475 g/mol. The number of rotatable bonds is 7. The van der Waals surface area contributed by atoms with Gasteiger partial charge in [0.2, 0.25) is 0 Å². The van der Waals surface area contributed by atoms with Gasteiger partial charge >= 0.3 is 12.1 Å². The smallest absolute Gasteiger partial charge is 0.453 e. The van der Waals surface area contributed by atoms with Crippen LogP contribution in [0.5, 0.6) is 0 Å². The van der Waals surface area contributed by atoms with Crippen LogP contribution < -0.4 is 0 Å². The number of amides is 2. The number of hydrogen-bond acceptors (Lipinski definition) is 7. The third-order valence-corrected chi connectivity index (χ3v) is 5.54. The number of fused-ring (bicyclic) bond motifs is 2. The fourth-order valence-electron chi connectivity index (χ4n) is 3.78. The van der Waals surface area contributed by atoms with E-state index in [-0.39, 0.29) is 37.2 Å². The lowest BCUT2D eigenvalue weighted by atomic mass is 10.1. The van der Waals surface area contributed by atoms with Gasteiger partial charge in [0.15, 0.2) is 0 Å². The van der Waals surface area contributed by atoms with Crippen molar-refractivity contribution in [1.29, 1.82) is 0 Å². The number of aryl methyl sites for hydroxylation is 2. The molecule has 9 nitrogen and oxygen atoms in total. The van der Waals surface area contributed by atoms with Gasteiger partial charge in [-0.15, -0.1) is 5.10 Å². The second kappa shape index (κ2) is 8.84. The summed E-state index contributed by atoms with van der Waals surface area (Å²) >= 11 is 0. The van der Waals surface area contributed by atoms with E-state index in [0.717, 1.165) is 4.52 Å². The molecule has 0 saturated heterocycles. The number of carbonyl (C=O) groups excluding carboxylic acids is 3. The zero-order valence-electron chi connectivity index (χ0n) is 18.3. The number of esters is 1. The number of hydrogen-bond donors (Lipinski definition) is 0. The van der Waals surface area contributed by atoms with Gasteiger partial charge in [0, 0.05) is 23.5 Å². The molecule has 0 atom stereocenters. The van der Waals surface area contributed by atoms with Gasteiger partial charge in [0.1, 0.15) is 0 Å². The van der Waals surface area contributed by atoms with Gasteiger partial charge in [-0.25, -0.2) is 9.50 Å². The summed E-state index contributed by atoms with van der Waals surface area (Å²) in [6.45, 7) is 3.37. The van der Waals surface area contributed by atoms with Crippen molar-refractivity contribution >= 4 is 23.6 Å². The highest BCUT2D eigenvalue weighted by atomic mass is 19.4. The van der Waals surface area contributed by atoms with E-state index < -0.39 is 18.0 Å². The van der Waals surface area contributed by atoms with Crippen LogP contribution in [0.25, 0.3) is 5.78 Å². The van der Waals surface area contributed by atoms with E-state index in [9.17, 15) is 27.6 Å². The molecular weight excluding hydrogens is 455 g/mol. The SMILES string of the molecule is Cc1nc2nc(C(F)(F)F)nn2c(C)c1CC(=O)OCCCCN1C(=O)c2ccccc2C1=O. The maximum Gasteiger partial charge on any atom is 0.453 e. The third-order valence-electron chi connectivity index (χ3n) is 5.54. The Morgan fingerprint density at radius 2 is 1.68 bits per heavy atom. The summed E-state index contributed by atoms with van der Waals surface area (Å²) in [5.74, 6) is -2.77. The monoisotopic (exact) mass is 475 g/mol. The van der Waals surface area contributed by atoms with E-state index in [2.05, 4.69) is 15.1 Å². The van der Waals surface area contributed by atoms with E-state index in [1.54, 1.807) is 31.2 Å². The first-order chi connectivity index (χ1) is 16.1. The van der Waals surface area contributed by atoms with Crippen molar-refractivity contribution in [3.05, 3.63) is 58.2 Å². The Bertz CT molecular complexity index is 1270. The molecule has 0 spiro atoms. The van der Waals surface area contributed by atoms with Crippen LogP contribution in [0.3, 0.4) is 0 Å². The Morgan fingerprint density at radius 3 is 2.29 bits per heavy atom. The lowest BCUT2D eigenvalue weighted by Crippen LogP contribution is -2.30. The molecule has 0 aliphatic carbocycles. The molecule has 178 valence electrons. The van der Waals surface area contributed by atoms with Crippen LogP contribution in [0.1, 0.15) is 56.3 Å². The molecule has 3 aromatic rings. The van der Waals surface area contributed by atoms with Crippen molar-refractivity contribution in [3.8, 4) is 0 Å². The summed E-state index contributed by atoms with van der Waals surface area (Å²) in [6.07, 6.45) is -4.03. The average Bonchev–Trinajstić information content (AvgIpc) is 3.32. The predicted octanol–water partition coefficient (Wildman–Crippen LogP) is 2.92. The molecule has 0 N–H and O–H groups in total. The summed E-state index contributed by atoms with van der Waals surface area (Å²) < 4.78 is 44.9. The fraction of sp³-hybridized carbons (Fsp3) is 0.364. The molecule has 0 bridgehead atoms. The van der Waals surface area contributed by atoms with Gasteiger partial charge < -0.3 is 4.74 Å². The van der Waals surface area contributed by atoms with E-state index in [1.165, 1.54) is 11.8 Å². The van der Waals surface area contributed by atoms with Crippen molar-refractivity contribution in [2.75, 3.05) is 13.2 Å². The molecule has 3 heterocycles. The summed E-state index contributed by atoms with van der Waals surface area (Å²) in [6, 6.07) is 6.61. The first-order valence-corrected chi connectivity index (χ1v) is 10.5. The Hall–Kier alpha value is -3.83. The molecule has 12 heteroatoms. The second-order valence-corrected chi connectivity index (χ2v) is 7.82. The molecule has 34 heavy (non-hydrogen) atoms. The quantitative estimate of drug-likeness (QED) is 0.294. The summed E-state index contributed by atoms with van der Waals surface area (Å²) in [5.41, 5.74) is 1.83. The molecule has 1 aromatic carbocycles. The number of nitrogens with zero attached hydrogens (tertiary/aromatic N) is 5. The van der Waals surface area contributed by atoms with Gasteiger partial charge in [0.25, 0.3) is 23.4 Å². The van der Waals surface area contributed by atoms with Crippen LogP contribution in [-0.4, -0.2) is 55.4 Å². The predicted molar refractivity (Wildman–Crippen MR) is 111 cm³/mol. The Morgan fingerprint density at radius 1 is 1.03 bits per heavy atom. The number of carbonyl (C=O) groups is 3. The maximum absolute atomic E-state index is 12.9. The van der Waals surface area contributed by atoms with E-state index in [1.807, 2.05) is 0 Å². The number of unbranched alkanes of at least 4 members (excludes halogenated alkanes) is 1. The molecule has 2 aromatic heterocycles. The second-order valence-electron chi connectivity index (χ2n) is 7.82. The van der Waals surface area contributed by atoms with Gasteiger partial charge in [0.05, 0.1) is 24.2 Å². The van der Waals surface area contributed by atoms with Crippen LogP contribution in [0.2, 0.25) is 0 Å². The molecule has 1 aliphatic rings. The Balaban J connectivity index is 1.30. The standard InChI is InChI=1S/C22H20F3N5O4/c1-12-16(13(2)30-21(26-12)27-20(28-30)22(23,24)25)11-17(31)34-10-6-5-9-29-18(32)14-7-3-4-8-15(14)19(29)33/h3-4,7-8H,5-6,9-11H2,1-2H3. The minimum atomic E-state index is -4.71. The molecule has 2 amide bonds. The number of benzene rings is 1. The molecule has 1 aliphatic heterocycles. The van der Waals surface area contributed by atoms with Gasteiger partial charge in [-0.3, -0.25) is 19.3 Å². The van der Waals surface area contributed by atoms with Crippen LogP contribution in [0, 0.1) is 13.8 Å². The number of alkyl halides is 3. The summed E-state index contributed by atoms with van der Waals surface area (Å²) in [7, 11) is 0. The normalized spacial score (nSPS) is 13.6. The number of halogens is 3. The largest absolute Gasteiger partial charge is 0.465 e. The zero-order valence-corrected chi connectivity index (χ0v) is 18.3. The minimum Gasteiger partial charge on any atom is -0.465 e. The lowest BCUT2D eigenvalue weighted by molar-refractivity contribution is -0.145. The molecule has 0 fully saturated rings. The van der Waals surface area contributed by atoms with Crippen LogP contribution in [0.4, 0.5) is 13.2 Å². The minimum absolute atomic E-state index is 0.0668. The van der Waals surface area contributed by atoms with E-state index >= 15 is 0 Å². The van der Waals surface area contributed by atoms with Crippen molar-refractivity contribution in [3.63, 3.8) is 0 Å². The molecular formula is C22H20F3N5O4. The number of imide groups is 1. The van der Waals surface area contributed by atoms with Crippen molar-refractivity contribution < 1.29 is 32.3 Å². The zero-order chi connectivity index (χ0) is 24.6. The van der Waals surface area contributed by atoms with Crippen LogP contribution >= 0.6 is 0 Å². The van der Waals surface area contributed by atoms with Gasteiger partial charge in [-0.2, -0.15) is 18.2 Å². The topological polar surface area (TPSA) is 107 Å². The van der Waals surface area contributed by atoms with Crippen LogP contribution in [0.15, 0.2) is 24.3 Å². The Kier molecular flexibility index (Phi) is 6.07. The van der Waals surface area contributed by atoms with Crippen LogP contribution in [-0.2, 0) is 22.1 Å². The lowest BCUT2D eigenvalue weighted by Gasteiger charge is -2.14. The van der Waals surface area contributed by atoms with Gasteiger partial charge in [-0.05, 0) is 38.8 Å². The summed E-state index contributed by atoms with van der Waals surface area (Å²) in [5, 5.41) is 3.45. The third kappa shape index (κ3) is 4.35.